The zero-order valence-electron chi connectivity index (χ0n) is 11.2. The van der Waals surface area contributed by atoms with Crippen molar-refractivity contribution in [2.24, 2.45) is 5.92 Å². The summed E-state index contributed by atoms with van der Waals surface area (Å²) < 4.78 is 37.7. The van der Waals surface area contributed by atoms with Crippen LogP contribution in [0.1, 0.15) is 37.1 Å². The summed E-state index contributed by atoms with van der Waals surface area (Å²) in [6, 6.07) is 3.99. The Morgan fingerprint density at radius 3 is 2.26 bits per heavy atom. The smallest absolute Gasteiger partial charge is 0.381 e. The average Bonchev–Trinajstić information content (AvgIpc) is 2.32. The first-order valence-electron chi connectivity index (χ1n) is 6.64. The molecule has 0 amide bonds. The normalized spacial score (nSPS) is 24.3. The number of nitrogens with one attached hydrogen (secondary N) is 1. The molecule has 0 spiro atoms. The van der Waals surface area contributed by atoms with Crippen LogP contribution in [0.2, 0.25) is 0 Å². The lowest BCUT2D eigenvalue weighted by Gasteiger charge is -2.31. The first-order chi connectivity index (χ1) is 8.86. The van der Waals surface area contributed by atoms with Gasteiger partial charge in [-0.1, -0.05) is 0 Å². The molecule has 19 heavy (non-hydrogen) atoms. The molecule has 1 aliphatic carbocycles. The molecule has 0 saturated heterocycles. The fraction of sp³-hybridized carbons (Fsp3) is 0.643. The van der Waals surface area contributed by atoms with Gasteiger partial charge in [-0.25, -0.2) is 0 Å². The maximum absolute atomic E-state index is 12.6. The molecular weight excluding hydrogens is 253 g/mol. The van der Waals surface area contributed by atoms with E-state index in [0.29, 0.717) is 12.8 Å². The third kappa shape index (κ3) is 3.61. The summed E-state index contributed by atoms with van der Waals surface area (Å²) in [6.45, 7) is 3.84. The van der Waals surface area contributed by atoms with E-state index >= 15 is 0 Å². The second-order valence-corrected chi connectivity index (χ2v) is 5.32. The van der Waals surface area contributed by atoms with Gasteiger partial charge in [0.2, 0.25) is 0 Å². The van der Waals surface area contributed by atoms with E-state index in [0.717, 1.165) is 17.1 Å². The van der Waals surface area contributed by atoms with Crippen LogP contribution in [0.5, 0.6) is 0 Å². The molecule has 1 aromatic rings. The predicted octanol–water partition coefficient (Wildman–Crippen LogP) is 4.23. The van der Waals surface area contributed by atoms with E-state index in [-0.39, 0.29) is 18.9 Å². The summed E-state index contributed by atoms with van der Waals surface area (Å²) in [5, 5.41) is 3.32. The largest absolute Gasteiger partial charge is 0.391 e. The molecule has 5 heteroatoms. The Morgan fingerprint density at radius 1 is 1.11 bits per heavy atom. The standard InChI is InChI=1S/C14H19F3N2/c1-9-3-8-13(10(2)18-9)19-12-6-4-11(5-7-12)14(15,16)17/h3,8,11-12,19H,4-7H2,1-2H3. The topological polar surface area (TPSA) is 24.9 Å². The molecule has 0 bridgehead atoms. The zero-order valence-corrected chi connectivity index (χ0v) is 11.2. The van der Waals surface area contributed by atoms with Gasteiger partial charge in [0.1, 0.15) is 0 Å². The Morgan fingerprint density at radius 2 is 1.74 bits per heavy atom. The van der Waals surface area contributed by atoms with Crippen LogP contribution in [0.4, 0.5) is 18.9 Å². The number of hydrogen-bond acceptors (Lipinski definition) is 2. The van der Waals surface area contributed by atoms with Gasteiger partial charge in [-0.15, -0.1) is 0 Å². The monoisotopic (exact) mass is 272 g/mol. The molecule has 0 aliphatic heterocycles. The van der Waals surface area contributed by atoms with Crippen LogP contribution in [-0.2, 0) is 0 Å². The van der Waals surface area contributed by atoms with Crippen molar-refractivity contribution in [1.82, 2.24) is 4.98 Å². The van der Waals surface area contributed by atoms with E-state index in [1.165, 1.54) is 0 Å². The SMILES string of the molecule is Cc1ccc(NC2CCC(C(F)(F)F)CC2)c(C)n1. The highest BCUT2D eigenvalue weighted by molar-refractivity contribution is 5.48. The molecule has 2 nitrogen and oxygen atoms in total. The van der Waals surface area contributed by atoms with E-state index in [4.69, 9.17) is 0 Å². The predicted molar refractivity (Wildman–Crippen MR) is 69.1 cm³/mol. The summed E-state index contributed by atoms with van der Waals surface area (Å²) in [5.74, 6) is -1.12. The van der Waals surface area contributed by atoms with E-state index in [9.17, 15) is 13.2 Å². The van der Waals surface area contributed by atoms with Crippen LogP contribution in [0.3, 0.4) is 0 Å². The number of pyridine rings is 1. The van der Waals surface area contributed by atoms with Gasteiger partial charge in [0.25, 0.3) is 0 Å². The molecule has 1 aromatic heterocycles. The lowest BCUT2D eigenvalue weighted by atomic mass is 9.85. The second-order valence-electron chi connectivity index (χ2n) is 5.32. The van der Waals surface area contributed by atoms with E-state index < -0.39 is 12.1 Å². The van der Waals surface area contributed by atoms with Crippen LogP contribution < -0.4 is 5.32 Å². The molecule has 1 fully saturated rings. The van der Waals surface area contributed by atoms with Crippen molar-refractivity contribution in [3.63, 3.8) is 0 Å². The Balaban J connectivity index is 1.92. The molecule has 0 aromatic carbocycles. The van der Waals surface area contributed by atoms with Gasteiger partial charge in [0.05, 0.1) is 17.3 Å². The number of aromatic nitrogens is 1. The Bertz CT molecular complexity index is 435. The molecule has 1 heterocycles. The molecule has 1 N–H and O–H groups in total. The highest BCUT2D eigenvalue weighted by atomic mass is 19.4. The molecule has 1 aliphatic rings. The first-order valence-corrected chi connectivity index (χ1v) is 6.64. The van der Waals surface area contributed by atoms with Gasteiger partial charge in [0, 0.05) is 11.7 Å². The van der Waals surface area contributed by atoms with E-state index in [1.807, 2.05) is 26.0 Å². The molecule has 106 valence electrons. The third-order valence-corrected chi connectivity index (χ3v) is 3.77. The Hall–Kier alpha value is -1.26. The maximum Gasteiger partial charge on any atom is 0.391 e. The van der Waals surface area contributed by atoms with Crippen molar-refractivity contribution in [1.29, 1.82) is 0 Å². The average molecular weight is 272 g/mol. The van der Waals surface area contributed by atoms with Crippen molar-refractivity contribution in [3.05, 3.63) is 23.5 Å². The van der Waals surface area contributed by atoms with Crippen molar-refractivity contribution in [3.8, 4) is 0 Å². The van der Waals surface area contributed by atoms with Crippen LogP contribution in [0, 0.1) is 19.8 Å². The van der Waals surface area contributed by atoms with Gasteiger partial charge in [-0.2, -0.15) is 13.2 Å². The molecule has 0 unspecified atom stereocenters. The molecule has 2 rings (SSSR count). The van der Waals surface area contributed by atoms with E-state index in [1.54, 1.807) is 0 Å². The minimum atomic E-state index is -4.04. The first kappa shape index (κ1) is 14.2. The fourth-order valence-corrected chi connectivity index (χ4v) is 2.62. The number of hydrogen-bond donors (Lipinski definition) is 1. The Kier molecular flexibility index (Phi) is 4.02. The second kappa shape index (κ2) is 5.39. The summed E-state index contributed by atoms with van der Waals surface area (Å²) in [5.41, 5.74) is 2.78. The van der Waals surface area contributed by atoms with Gasteiger partial charge in [-0.3, -0.25) is 4.98 Å². The molecule has 0 radical (unpaired) electrons. The van der Waals surface area contributed by atoms with Gasteiger partial charge >= 0.3 is 6.18 Å². The summed E-state index contributed by atoms with van der Waals surface area (Å²) in [7, 11) is 0. The van der Waals surface area contributed by atoms with Gasteiger partial charge in [-0.05, 0) is 51.7 Å². The summed E-state index contributed by atoms with van der Waals surface area (Å²) in [6.07, 6.45) is -2.46. The number of nitrogens with zero attached hydrogens (tertiary/aromatic N) is 1. The van der Waals surface area contributed by atoms with Gasteiger partial charge < -0.3 is 5.32 Å². The highest BCUT2D eigenvalue weighted by Gasteiger charge is 2.41. The van der Waals surface area contributed by atoms with Crippen molar-refractivity contribution >= 4 is 5.69 Å². The number of aryl methyl sites for hydroxylation is 2. The van der Waals surface area contributed by atoms with Crippen LogP contribution in [0.15, 0.2) is 12.1 Å². The number of halogens is 3. The number of anilines is 1. The quantitative estimate of drug-likeness (QED) is 0.871. The fourth-order valence-electron chi connectivity index (χ4n) is 2.62. The zero-order chi connectivity index (χ0) is 14.0. The molecule has 0 atom stereocenters. The van der Waals surface area contributed by atoms with Crippen molar-refractivity contribution in [2.45, 2.75) is 51.7 Å². The van der Waals surface area contributed by atoms with Crippen molar-refractivity contribution < 1.29 is 13.2 Å². The summed E-state index contributed by atoms with van der Waals surface area (Å²) in [4.78, 5) is 4.35. The van der Waals surface area contributed by atoms with Gasteiger partial charge in [0.15, 0.2) is 0 Å². The van der Waals surface area contributed by atoms with Crippen LogP contribution >= 0.6 is 0 Å². The minimum Gasteiger partial charge on any atom is -0.381 e. The van der Waals surface area contributed by atoms with Crippen LogP contribution in [-0.4, -0.2) is 17.2 Å². The van der Waals surface area contributed by atoms with Crippen LogP contribution in [0.25, 0.3) is 0 Å². The van der Waals surface area contributed by atoms with Crippen molar-refractivity contribution in [2.75, 3.05) is 5.32 Å². The molecular formula is C14H19F3N2. The molecule has 1 saturated carbocycles. The maximum atomic E-state index is 12.6. The highest BCUT2D eigenvalue weighted by Crippen LogP contribution is 2.38. The van der Waals surface area contributed by atoms with E-state index in [2.05, 4.69) is 10.3 Å². The lowest BCUT2D eigenvalue weighted by molar-refractivity contribution is -0.182. The minimum absolute atomic E-state index is 0.127. The Labute approximate surface area is 111 Å². The number of rotatable bonds is 2. The summed E-state index contributed by atoms with van der Waals surface area (Å²) >= 11 is 0. The lowest BCUT2D eigenvalue weighted by Crippen LogP contribution is -2.33. The third-order valence-electron chi connectivity index (χ3n) is 3.77. The number of alkyl halides is 3.